The summed E-state index contributed by atoms with van der Waals surface area (Å²) in [7, 11) is 0. The van der Waals surface area contributed by atoms with Gasteiger partial charge in [0.15, 0.2) is 5.78 Å². The Balaban J connectivity index is 4.30. The minimum absolute atomic E-state index is 0.821. The van der Waals surface area contributed by atoms with Gasteiger partial charge in [-0.15, -0.1) is 0 Å². The van der Waals surface area contributed by atoms with Crippen molar-refractivity contribution < 1.29 is 35.4 Å². The van der Waals surface area contributed by atoms with Gasteiger partial charge in [0.2, 0.25) is 0 Å². The van der Waals surface area contributed by atoms with Gasteiger partial charge in [0, 0.05) is 0 Å². The summed E-state index contributed by atoms with van der Waals surface area (Å²) in [5.41, 5.74) is 0. The van der Waals surface area contributed by atoms with Crippen LogP contribution < -0.4 is 0 Å². The fourth-order valence-corrected chi connectivity index (χ4v) is 0.806. The normalized spacial score (nSPS) is 19.9. The zero-order valence-corrected chi connectivity index (χ0v) is 7.32. The number of hydrogen-bond acceptors (Lipinski definition) is 7. The topological polar surface area (TPSA) is 138 Å². The van der Waals surface area contributed by atoms with Crippen LogP contribution in [0.3, 0.4) is 0 Å². The Morgan fingerprint density at radius 3 is 1.86 bits per heavy atom. The zero-order chi connectivity index (χ0) is 11.3. The van der Waals surface area contributed by atoms with Crippen molar-refractivity contribution in [3.63, 3.8) is 0 Å². The molecule has 4 atom stereocenters. The number of rotatable bonds is 6. The highest BCUT2D eigenvalue weighted by molar-refractivity contribution is 5.84. The summed E-state index contributed by atoms with van der Waals surface area (Å²) in [6.07, 6.45) is -7.45. The first-order valence-electron chi connectivity index (χ1n) is 3.92. The van der Waals surface area contributed by atoms with Crippen molar-refractivity contribution in [1.29, 1.82) is 0 Å². The minimum atomic E-state index is -1.99. The van der Waals surface area contributed by atoms with Gasteiger partial charge < -0.3 is 30.6 Å². The molecule has 7 heteroatoms. The van der Waals surface area contributed by atoms with Crippen LogP contribution in [0.1, 0.15) is 0 Å². The van der Waals surface area contributed by atoms with E-state index in [1.54, 1.807) is 0 Å². The summed E-state index contributed by atoms with van der Waals surface area (Å²) in [5.74, 6) is -1.08. The predicted molar refractivity (Wildman–Crippen MR) is 43.2 cm³/mol. The van der Waals surface area contributed by atoms with Gasteiger partial charge in [0.05, 0.1) is 6.61 Å². The number of hydrogen-bond donors (Lipinski definition) is 6. The molecule has 6 N–H and O–H groups in total. The Morgan fingerprint density at radius 1 is 1.00 bits per heavy atom. The maximum atomic E-state index is 10.7. The summed E-state index contributed by atoms with van der Waals surface area (Å²) in [5, 5.41) is 52.7. The third-order valence-corrected chi connectivity index (χ3v) is 1.74. The molecular weight excluding hydrogens is 196 g/mol. The molecule has 0 radical (unpaired) electrons. The average Bonchev–Trinajstić information content (AvgIpc) is 2.23. The number of aliphatic hydroxyl groups is 6. The van der Waals surface area contributed by atoms with E-state index in [9.17, 15) is 4.79 Å². The van der Waals surface area contributed by atoms with Crippen LogP contribution in [0.4, 0.5) is 0 Å². The van der Waals surface area contributed by atoms with E-state index in [2.05, 4.69) is 0 Å². The lowest BCUT2D eigenvalue weighted by Gasteiger charge is -2.24. The van der Waals surface area contributed by atoms with Crippen LogP contribution in [0.15, 0.2) is 0 Å². The third kappa shape index (κ3) is 3.29. The summed E-state index contributed by atoms with van der Waals surface area (Å²) >= 11 is 0. The van der Waals surface area contributed by atoms with Crippen molar-refractivity contribution in [3.8, 4) is 0 Å². The molecule has 0 bridgehead atoms. The van der Waals surface area contributed by atoms with Crippen LogP contribution in [0, 0.1) is 0 Å². The van der Waals surface area contributed by atoms with Gasteiger partial charge in [0.25, 0.3) is 0 Å². The van der Waals surface area contributed by atoms with Gasteiger partial charge in [0.1, 0.15) is 31.0 Å². The van der Waals surface area contributed by atoms with Gasteiger partial charge in [-0.2, -0.15) is 0 Å². The van der Waals surface area contributed by atoms with E-state index in [0.717, 1.165) is 0 Å². The largest absolute Gasteiger partial charge is 0.394 e. The van der Waals surface area contributed by atoms with E-state index in [4.69, 9.17) is 30.6 Å². The van der Waals surface area contributed by atoms with Crippen molar-refractivity contribution in [2.45, 2.75) is 24.4 Å². The maximum absolute atomic E-state index is 10.7. The number of ketones is 1. The van der Waals surface area contributed by atoms with Crippen LogP contribution in [0.2, 0.25) is 0 Å². The lowest BCUT2D eigenvalue weighted by Crippen LogP contribution is -2.49. The van der Waals surface area contributed by atoms with Gasteiger partial charge >= 0.3 is 0 Å². The molecule has 0 saturated carbocycles. The van der Waals surface area contributed by atoms with Crippen LogP contribution in [-0.4, -0.2) is 74.1 Å². The summed E-state index contributed by atoms with van der Waals surface area (Å²) < 4.78 is 0. The molecule has 84 valence electrons. The minimum Gasteiger partial charge on any atom is -0.394 e. The van der Waals surface area contributed by atoms with Gasteiger partial charge in [-0.25, -0.2) is 0 Å². The highest BCUT2D eigenvalue weighted by atomic mass is 16.4. The SMILES string of the molecule is O=C(CO)C(O)C(O)C(O)C(O)CO. The third-order valence-electron chi connectivity index (χ3n) is 1.74. The molecule has 0 spiro atoms. The first-order valence-corrected chi connectivity index (χ1v) is 3.92. The number of Topliss-reactive ketones (excluding diaryl/α,β-unsaturated/α-hetero) is 1. The van der Waals surface area contributed by atoms with E-state index < -0.39 is 43.4 Å². The zero-order valence-electron chi connectivity index (χ0n) is 7.32. The molecule has 0 rings (SSSR count). The summed E-state index contributed by atoms with van der Waals surface area (Å²) in [4.78, 5) is 10.7. The molecule has 0 aliphatic rings. The smallest absolute Gasteiger partial charge is 0.189 e. The standard InChI is InChI=1S/C7H14O7/c8-1-3(10)5(12)7(14)6(13)4(11)2-9/h3,5-10,12-14H,1-2H2. The average molecular weight is 210 g/mol. The second-order valence-corrected chi connectivity index (χ2v) is 2.80. The van der Waals surface area contributed by atoms with Crippen LogP contribution >= 0.6 is 0 Å². The quantitative estimate of drug-likeness (QED) is 0.262. The highest BCUT2D eigenvalue weighted by Gasteiger charge is 2.33. The first-order chi connectivity index (χ1) is 6.45. The lowest BCUT2D eigenvalue weighted by atomic mass is 10.0. The molecular formula is C7H14O7. The Morgan fingerprint density at radius 2 is 1.50 bits per heavy atom. The van der Waals surface area contributed by atoms with Gasteiger partial charge in [-0.1, -0.05) is 0 Å². The van der Waals surface area contributed by atoms with Crippen molar-refractivity contribution in [2.24, 2.45) is 0 Å². The van der Waals surface area contributed by atoms with Crippen LogP contribution in [0.5, 0.6) is 0 Å². The molecule has 0 fully saturated rings. The Bertz CT molecular complexity index is 183. The first kappa shape index (κ1) is 13.4. The molecule has 0 amide bonds. The van der Waals surface area contributed by atoms with Crippen LogP contribution in [-0.2, 0) is 4.79 Å². The number of carbonyl (C=O) groups excluding carboxylic acids is 1. The molecule has 0 heterocycles. The molecule has 0 aromatic heterocycles. The number of aliphatic hydroxyl groups excluding tert-OH is 6. The summed E-state index contributed by atoms with van der Waals surface area (Å²) in [6.45, 7) is -1.81. The second kappa shape index (κ2) is 6.02. The molecule has 0 aromatic rings. The van der Waals surface area contributed by atoms with E-state index in [1.165, 1.54) is 0 Å². The van der Waals surface area contributed by atoms with E-state index in [0.29, 0.717) is 0 Å². The molecule has 0 aromatic carbocycles. The molecule has 7 nitrogen and oxygen atoms in total. The molecule has 4 unspecified atom stereocenters. The Labute approximate surface area is 79.9 Å². The van der Waals surface area contributed by atoms with E-state index in [1.807, 2.05) is 0 Å². The van der Waals surface area contributed by atoms with Crippen LogP contribution in [0.25, 0.3) is 0 Å². The molecule has 0 aliphatic heterocycles. The van der Waals surface area contributed by atoms with Crippen molar-refractivity contribution in [3.05, 3.63) is 0 Å². The van der Waals surface area contributed by atoms with E-state index >= 15 is 0 Å². The van der Waals surface area contributed by atoms with Crippen molar-refractivity contribution in [2.75, 3.05) is 13.2 Å². The van der Waals surface area contributed by atoms with Gasteiger partial charge in [-0.05, 0) is 0 Å². The number of carbonyl (C=O) groups is 1. The van der Waals surface area contributed by atoms with Gasteiger partial charge in [-0.3, -0.25) is 4.79 Å². The second-order valence-electron chi connectivity index (χ2n) is 2.80. The molecule has 0 aliphatic carbocycles. The maximum Gasteiger partial charge on any atom is 0.189 e. The lowest BCUT2D eigenvalue weighted by molar-refractivity contribution is -0.149. The molecule has 0 saturated heterocycles. The Hall–Kier alpha value is -0.570. The van der Waals surface area contributed by atoms with Crippen molar-refractivity contribution in [1.82, 2.24) is 0 Å². The monoisotopic (exact) mass is 210 g/mol. The van der Waals surface area contributed by atoms with Crippen molar-refractivity contribution >= 4 is 5.78 Å². The predicted octanol–water partition coefficient (Wildman–Crippen LogP) is -4.02. The fraction of sp³-hybridized carbons (Fsp3) is 0.857. The fourth-order valence-electron chi connectivity index (χ4n) is 0.806. The van der Waals surface area contributed by atoms with E-state index in [-0.39, 0.29) is 0 Å². The molecule has 14 heavy (non-hydrogen) atoms. The summed E-state index contributed by atoms with van der Waals surface area (Å²) in [6, 6.07) is 0. The Kier molecular flexibility index (Phi) is 5.77. The highest BCUT2D eigenvalue weighted by Crippen LogP contribution is 2.05.